The van der Waals surface area contributed by atoms with E-state index in [9.17, 15) is 24.5 Å². The fourth-order valence-corrected chi connectivity index (χ4v) is 2.11. The van der Waals surface area contributed by atoms with E-state index in [0.717, 1.165) is 10.5 Å². The Hall–Kier alpha value is -3.27. The Morgan fingerprint density at radius 3 is 2.35 bits per heavy atom. The second kappa shape index (κ2) is 8.72. The highest BCUT2D eigenvalue weighted by Gasteiger charge is 2.21. The van der Waals surface area contributed by atoms with Crippen molar-refractivity contribution in [2.24, 2.45) is 0 Å². The van der Waals surface area contributed by atoms with Crippen molar-refractivity contribution < 1.29 is 24.0 Å². The molecule has 0 bridgehead atoms. The number of para-hydroxylation sites is 1. The molecule has 0 radical (unpaired) electrons. The van der Waals surface area contributed by atoms with Gasteiger partial charge in [-0.2, -0.15) is 0 Å². The second-order valence-electron chi connectivity index (χ2n) is 4.86. The van der Waals surface area contributed by atoms with Crippen molar-refractivity contribution in [2.75, 3.05) is 6.61 Å². The van der Waals surface area contributed by atoms with Crippen molar-refractivity contribution >= 4 is 39.4 Å². The number of rotatable bonds is 5. The summed E-state index contributed by atoms with van der Waals surface area (Å²) in [7, 11) is 0. The lowest BCUT2D eigenvalue weighted by molar-refractivity contribution is -0.385. The van der Waals surface area contributed by atoms with Gasteiger partial charge in [-0.1, -0.05) is 28.1 Å². The molecule has 2 N–H and O–H groups in total. The monoisotopic (exact) mass is 421 g/mol. The van der Waals surface area contributed by atoms with Gasteiger partial charge in [0.1, 0.15) is 5.56 Å². The molecule has 0 saturated carbocycles. The highest BCUT2D eigenvalue weighted by atomic mass is 79.9. The zero-order chi connectivity index (χ0) is 19.1. The first-order chi connectivity index (χ1) is 12.4. The number of esters is 1. The fourth-order valence-electron chi connectivity index (χ4n) is 1.85. The van der Waals surface area contributed by atoms with Gasteiger partial charge in [0, 0.05) is 16.1 Å². The van der Waals surface area contributed by atoms with Gasteiger partial charge < -0.3 is 4.74 Å². The van der Waals surface area contributed by atoms with Crippen molar-refractivity contribution in [1.29, 1.82) is 0 Å². The third-order valence-electron chi connectivity index (χ3n) is 3.08. The highest BCUT2D eigenvalue weighted by Crippen LogP contribution is 2.18. The topological polar surface area (TPSA) is 128 Å². The van der Waals surface area contributed by atoms with E-state index in [0.29, 0.717) is 5.56 Å². The molecule has 9 nitrogen and oxygen atoms in total. The maximum Gasteiger partial charge on any atom is 0.345 e. The Bertz CT molecular complexity index is 853. The normalized spacial score (nSPS) is 9.88. The molecule has 26 heavy (non-hydrogen) atoms. The van der Waals surface area contributed by atoms with Crippen molar-refractivity contribution in [3.63, 3.8) is 0 Å². The smallest absolute Gasteiger partial charge is 0.345 e. The first kappa shape index (κ1) is 19.1. The lowest BCUT2D eigenvalue weighted by atomic mass is 10.2. The van der Waals surface area contributed by atoms with Crippen LogP contribution in [0.1, 0.15) is 20.7 Å². The van der Waals surface area contributed by atoms with Gasteiger partial charge in [-0.05, 0) is 30.3 Å². The summed E-state index contributed by atoms with van der Waals surface area (Å²) >= 11 is 3.23. The summed E-state index contributed by atoms with van der Waals surface area (Å²) in [6.07, 6.45) is 0. The molecule has 2 aromatic rings. The zero-order valence-corrected chi connectivity index (χ0v) is 14.7. The predicted molar refractivity (Wildman–Crippen MR) is 93.1 cm³/mol. The highest BCUT2D eigenvalue weighted by molar-refractivity contribution is 9.10. The minimum absolute atomic E-state index is 0.274. The van der Waals surface area contributed by atoms with E-state index in [1.165, 1.54) is 18.2 Å². The standard InChI is InChI=1S/C16H12BrN3O6/c17-11-7-5-10(6-8-11)15(22)19-18-14(21)9-26-16(23)12-3-1-2-4-13(12)20(24)25/h1-8H,9H2,(H,18,21)(H,19,22). The average molecular weight is 422 g/mol. The molecule has 0 fully saturated rings. The van der Waals surface area contributed by atoms with Crippen LogP contribution >= 0.6 is 15.9 Å². The van der Waals surface area contributed by atoms with E-state index in [-0.39, 0.29) is 5.56 Å². The van der Waals surface area contributed by atoms with Crippen molar-refractivity contribution in [2.45, 2.75) is 0 Å². The van der Waals surface area contributed by atoms with Crippen LogP contribution in [0.25, 0.3) is 0 Å². The third-order valence-corrected chi connectivity index (χ3v) is 3.61. The van der Waals surface area contributed by atoms with E-state index in [1.807, 2.05) is 0 Å². The number of hydrogen-bond donors (Lipinski definition) is 2. The summed E-state index contributed by atoms with van der Waals surface area (Å²) in [6.45, 7) is -0.717. The lowest BCUT2D eigenvalue weighted by Gasteiger charge is -2.08. The average Bonchev–Trinajstić information content (AvgIpc) is 2.64. The minimum Gasteiger partial charge on any atom is -0.452 e. The number of hydrazine groups is 1. The van der Waals surface area contributed by atoms with Crippen molar-refractivity contribution in [3.8, 4) is 0 Å². The Morgan fingerprint density at radius 1 is 1.04 bits per heavy atom. The van der Waals surface area contributed by atoms with Crippen LogP contribution in [0.3, 0.4) is 0 Å². The Labute approximate surface area is 155 Å². The van der Waals surface area contributed by atoms with Gasteiger partial charge in [-0.3, -0.25) is 30.6 Å². The van der Waals surface area contributed by atoms with E-state index in [1.54, 1.807) is 24.3 Å². The minimum atomic E-state index is -1.02. The van der Waals surface area contributed by atoms with Crippen LogP contribution in [0.5, 0.6) is 0 Å². The zero-order valence-electron chi connectivity index (χ0n) is 13.1. The molecule has 0 aliphatic rings. The first-order valence-electron chi connectivity index (χ1n) is 7.14. The molecule has 2 amide bonds. The van der Waals surface area contributed by atoms with Crippen LogP contribution in [-0.4, -0.2) is 29.3 Å². The van der Waals surface area contributed by atoms with Gasteiger partial charge in [0.25, 0.3) is 17.5 Å². The molecule has 10 heteroatoms. The van der Waals surface area contributed by atoms with E-state index in [2.05, 4.69) is 26.8 Å². The number of halogens is 1. The largest absolute Gasteiger partial charge is 0.452 e. The number of carbonyl (C=O) groups is 3. The number of benzene rings is 2. The fraction of sp³-hybridized carbons (Fsp3) is 0.0625. The number of nitro benzene ring substituents is 1. The number of carbonyl (C=O) groups excluding carboxylic acids is 3. The molecule has 0 aliphatic carbocycles. The summed E-state index contributed by atoms with van der Waals surface area (Å²) in [5.74, 6) is -2.38. The number of hydrogen-bond acceptors (Lipinski definition) is 6. The number of nitrogens with zero attached hydrogens (tertiary/aromatic N) is 1. The molecule has 0 unspecified atom stereocenters. The molecular weight excluding hydrogens is 410 g/mol. The predicted octanol–water partition coefficient (Wildman–Crippen LogP) is 1.98. The van der Waals surface area contributed by atoms with Gasteiger partial charge >= 0.3 is 5.97 Å². The van der Waals surface area contributed by atoms with Crippen LogP contribution in [0.4, 0.5) is 5.69 Å². The molecular formula is C16H12BrN3O6. The molecule has 2 aromatic carbocycles. The van der Waals surface area contributed by atoms with Crippen LogP contribution < -0.4 is 10.9 Å². The molecule has 0 atom stereocenters. The summed E-state index contributed by atoms with van der Waals surface area (Å²) in [5.41, 5.74) is 3.84. The van der Waals surface area contributed by atoms with Crippen LogP contribution in [0.2, 0.25) is 0 Å². The van der Waals surface area contributed by atoms with Crippen molar-refractivity contribution in [1.82, 2.24) is 10.9 Å². The SMILES string of the molecule is O=C(COC(=O)c1ccccc1[N+](=O)[O-])NNC(=O)c1ccc(Br)cc1. The Balaban J connectivity index is 1.85. The van der Waals surface area contributed by atoms with Crippen molar-refractivity contribution in [3.05, 3.63) is 74.2 Å². The quantitative estimate of drug-likeness (QED) is 0.431. The molecule has 2 rings (SSSR count). The lowest BCUT2D eigenvalue weighted by Crippen LogP contribution is -2.43. The molecule has 134 valence electrons. The number of nitrogens with one attached hydrogen (secondary N) is 2. The van der Waals surface area contributed by atoms with E-state index in [4.69, 9.17) is 4.74 Å². The van der Waals surface area contributed by atoms with Gasteiger partial charge in [0.15, 0.2) is 6.61 Å². The first-order valence-corrected chi connectivity index (χ1v) is 7.93. The summed E-state index contributed by atoms with van der Waals surface area (Å²) in [4.78, 5) is 45.5. The van der Waals surface area contributed by atoms with Crippen LogP contribution in [0.15, 0.2) is 53.0 Å². The van der Waals surface area contributed by atoms with Gasteiger partial charge in [0.2, 0.25) is 0 Å². The van der Waals surface area contributed by atoms with Crippen LogP contribution in [-0.2, 0) is 9.53 Å². The summed E-state index contributed by atoms with van der Waals surface area (Å²) in [6, 6.07) is 11.6. The van der Waals surface area contributed by atoms with Gasteiger partial charge in [-0.15, -0.1) is 0 Å². The summed E-state index contributed by atoms with van der Waals surface area (Å²) in [5, 5.41) is 10.9. The Kier molecular flexibility index (Phi) is 6.39. The van der Waals surface area contributed by atoms with Gasteiger partial charge in [0.05, 0.1) is 4.92 Å². The maximum absolute atomic E-state index is 11.9. The molecule has 0 saturated heterocycles. The third kappa shape index (κ3) is 5.11. The van der Waals surface area contributed by atoms with Gasteiger partial charge in [-0.25, -0.2) is 4.79 Å². The molecule has 0 spiro atoms. The molecule has 0 heterocycles. The number of amides is 2. The maximum atomic E-state index is 11.9. The summed E-state index contributed by atoms with van der Waals surface area (Å²) < 4.78 is 5.51. The molecule has 0 aliphatic heterocycles. The Morgan fingerprint density at radius 2 is 1.69 bits per heavy atom. The molecule has 0 aromatic heterocycles. The van der Waals surface area contributed by atoms with E-state index >= 15 is 0 Å². The second-order valence-corrected chi connectivity index (χ2v) is 5.78. The number of ether oxygens (including phenoxy) is 1. The van der Waals surface area contributed by atoms with E-state index < -0.39 is 35.0 Å². The van der Waals surface area contributed by atoms with Crippen LogP contribution in [0, 0.1) is 10.1 Å². The number of nitro groups is 1.